The third kappa shape index (κ3) is 3.81. The predicted octanol–water partition coefficient (Wildman–Crippen LogP) is 5.58. The highest BCUT2D eigenvalue weighted by Crippen LogP contribution is 2.36. The van der Waals surface area contributed by atoms with Crippen LogP contribution in [0.1, 0.15) is 35.8 Å². The molecule has 0 aliphatic heterocycles. The first kappa shape index (κ1) is 21.1. The number of benzene rings is 2. The zero-order chi connectivity index (χ0) is 24.1. The molecule has 0 radical (unpaired) electrons. The summed E-state index contributed by atoms with van der Waals surface area (Å²) >= 11 is 0. The molecule has 7 nitrogen and oxygen atoms in total. The fraction of sp³-hybridized carbons (Fsp3) is 0.185. The van der Waals surface area contributed by atoms with Crippen molar-refractivity contribution in [3.8, 4) is 39.8 Å². The summed E-state index contributed by atoms with van der Waals surface area (Å²) in [6, 6.07) is 14.7. The Morgan fingerprint density at radius 3 is 2.51 bits per heavy atom. The average Bonchev–Trinajstić information content (AvgIpc) is 3.60. The van der Waals surface area contributed by atoms with Gasteiger partial charge in [-0.05, 0) is 56.5 Å². The van der Waals surface area contributed by atoms with Gasteiger partial charge in [-0.1, -0.05) is 18.2 Å². The molecule has 0 atom stereocenters. The molecule has 0 N–H and O–H groups in total. The molecule has 1 aliphatic carbocycles. The highest BCUT2D eigenvalue weighted by molar-refractivity contribution is 5.89. The van der Waals surface area contributed by atoms with Gasteiger partial charge in [-0.2, -0.15) is 10.4 Å². The van der Waals surface area contributed by atoms with Gasteiger partial charge in [0.05, 0.1) is 35.3 Å². The van der Waals surface area contributed by atoms with Crippen LogP contribution in [0, 0.1) is 31.0 Å². The van der Waals surface area contributed by atoms with E-state index in [1.165, 1.54) is 18.9 Å². The van der Waals surface area contributed by atoms with Crippen LogP contribution < -0.4 is 0 Å². The molecule has 1 saturated carbocycles. The van der Waals surface area contributed by atoms with Crippen molar-refractivity contribution >= 4 is 11.2 Å². The lowest BCUT2D eigenvalue weighted by atomic mass is 10.0. The molecule has 5 aromatic rings. The average molecular weight is 462 g/mol. The standard InChI is InChI=1S/C27H20FN7/c1-15-16(2)32-27-25(31-15)24(22-9-6-17(12-29)10-23(22)28)33-26(34-27)19-5-3-4-18(11-19)20-13-30-35(14-20)21-7-8-21/h3-6,9-11,13-14,21H,7-8H2,1-2H3. The summed E-state index contributed by atoms with van der Waals surface area (Å²) in [7, 11) is 0. The molecule has 1 fully saturated rings. The van der Waals surface area contributed by atoms with E-state index in [1.807, 2.05) is 55.1 Å². The summed E-state index contributed by atoms with van der Waals surface area (Å²) < 4.78 is 17.1. The van der Waals surface area contributed by atoms with Gasteiger partial charge >= 0.3 is 0 Å². The fourth-order valence-electron chi connectivity index (χ4n) is 4.07. The molecule has 0 amide bonds. The Morgan fingerprint density at radius 2 is 1.74 bits per heavy atom. The molecule has 8 heteroatoms. The minimum Gasteiger partial charge on any atom is -0.269 e. The largest absolute Gasteiger partial charge is 0.269 e. The Morgan fingerprint density at radius 1 is 0.943 bits per heavy atom. The molecule has 35 heavy (non-hydrogen) atoms. The summed E-state index contributed by atoms with van der Waals surface area (Å²) in [4.78, 5) is 18.7. The lowest BCUT2D eigenvalue weighted by Gasteiger charge is -2.11. The van der Waals surface area contributed by atoms with E-state index in [2.05, 4.69) is 21.3 Å². The predicted molar refractivity (Wildman–Crippen MR) is 130 cm³/mol. The second-order valence-corrected chi connectivity index (χ2v) is 8.79. The Labute approximate surface area is 201 Å². The number of halogens is 1. The van der Waals surface area contributed by atoms with Gasteiger partial charge in [0.1, 0.15) is 17.0 Å². The van der Waals surface area contributed by atoms with E-state index in [9.17, 15) is 0 Å². The zero-order valence-electron chi connectivity index (χ0n) is 19.2. The lowest BCUT2D eigenvalue weighted by Crippen LogP contribution is -2.03. The molecular weight excluding hydrogens is 441 g/mol. The minimum atomic E-state index is -0.545. The fourth-order valence-corrected chi connectivity index (χ4v) is 4.07. The van der Waals surface area contributed by atoms with Crippen LogP contribution in [0.4, 0.5) is 4.39 Å². The van der Waals surface area contributed by atoms with Crippen LogP contribution in [0.25, 0.3) is 44.9 Å². The Balaban J connectivity index is 1.52. The molecule has 2 aromatic carbocycles. The third-order valence-corrected chi connectivity index (χ3v) is 6.27. The molecule has 1 aliphatic rings. The SMILES string of the molecule is Cc1nc2nc(-c3cccc(-c4cnn(C5CC5)c4)c3)nc(-c3ccc(C#N)cc3F)c2nc1C. The van der Waals surface area contributed by atoms with Gasteiger partial charge in [0.25, 0.3) is 0 Å². The van der Waals surface area contributed by atoms with Crippen molar-refractivity contribution in [1.82, 2.24) is 29.7 Å². The summed E-state index contributed by atoms with van der Waals surface area (Å²) in [6.07, 6.45) is 6.27. The van der Waals surface area contributed by atoms with Gasteiger partial charge in [-0.15, -0.1) is 0 Å². The smallest absolute Gasteiger partial charge is 0.182 e. The second kappa shape index (κ2) is 8.06. The van der Waals surface area contributed by atoms with Crippen LogP contribution in [0.15, 0.2) is 54.9 Å². The minimum absolute atomic E-state index is 0.238. The molecule has 6 rings (SSSR count). The van der Waals surface area contributed by atoms with E-state index in [4.69, 9.17) is 15.2 Å². The monoisotopic (exact) mass is 461 g/mol. The normalized spacial score (nSPS) is 13.2. The molecular formula is C27H20FN7. The van der Waals surface area contributed by atoms with Crippen LogP contribution in [0.3, 0.4) is 0 Å². The van der Waals surface area contributed by atoms with E-state index >= 15 is 4.39 Å². The summed E-state index contributed by atoms with van der Waals surface area (Å²) in [5.41, 5.74) is 5.90. The van der Waals surface area contributed by atoms with Crippen molar-refractivity contribution in [3.63, 3.8) is 0 Å². The number of hydrogen-bond acceptors (Lipinski definition) is 6. The zero-order valence-corrected chi connectivity index (χ0v) is 19.2. The Kier molecular flexibility index (Phi) is 4.85. The highest BCUT2D eigenvalue weighted by Gasteiger charge is 2.24. The van der Waals surface area contributed by atoms with Crippen molar-refractivity contribution in [2.45, 2.75) is 32.7 Å². The Bertz CT molecular complexity index is 1660. The maximum Gasteiger partial charge on any atom is 0.182 e. The van der Waals surface area contributed by atoms with Crippen LogP contribution >= 0.6 is 0 Å². The van der Waals surface area contributed by atoms with Crippen LogP contribution in [0.2, 0.25) is 0 Å². The van der Waals surface area contributed by atoms with Gasteiger partial charge in [0.15, 0.2) is 11.5 Å². The molecule has 170 valence electrons. The van der Waals surface area contributed by atoms with Crippen molar-refractivity contribution in [1.29, 1.82) is 5.26 Å². The molecule has 3 aromatic heterocycles. The van der Waals surface area contributed by atoms with E-state index < -0.39 is 5.82 Å². The number of rotatable bonds is 4. The van der Waals surface area contributed by atoms with Crippen molar-refractivity contribution in [2.24, 2.45) is 0 Å². The number of nitriles is 1. The van der Waals surface area contributed by atoms with Gasteiger partial charge < -0.3 is 0 Å². The molecule has 0 saturated heterocycles. The maximum atomic E-state index is 15.1. The van der Waals surface area contributed by atoms with Crippen LogP contribution in [-0.2, 0) is 0 Å². The van der Waals surface area contributed by atoms with E-state index in [-0.39, 0.29) is 11.1 Å². The van der Waals surface area contributed by atoms with Gasteiger partial charge in [0.2, 0.25) is 0 Å². The van der Waals surface area contributed by atoms with Gasteiger partial charge in [-0.3, -0.25) is 4.68 Å². The first-order valence-corrected chi connectivity index (χ1v) is 11.4. The van der Waals surface area contributed by atoms with Crippen LogP contribution in [-0.4, -0.2) is 29.7 Å². The topological polar surface area (TPSA) is 93.2 Å². The van der Waals surface area contributed by atoms with Crippen molar-refractivity contribution in [2.75, 3.05) is 0 Å². The first-order valence-electron chi connectivity index (χ1n) is 11.4. The number of fused-ring (bicyclic) bond motifs is 1. The van der Waals surface area contributed by atoms with Crippen LogP contribution in [0.5, 0.6) is 0 Å². The van der Waals surface area contributed by atoms with E-state index in [0.29, 0.717) is 28.7 Å². The maximum absolute atomic E-state index is 15.1. The molecule has 0 bridgehead atoms. The summed E-state index contributed by atoms with van der Waals surface area (Å²) in [5, 5.41) is 13.6. The Hall–Kier alpha value is -4.51. The summed E-state index contributed by atoms with van der Waals surface area (Å²) in [5.74, 6) is -0.124. The lowest BCUT2D eigenvalue weighted by molar-refractivity contribution is 0.630. The number of hydrogen-bond donors (Lipinski definition) is 0. The van der Waals surface area contributed by atoms with Gasteiger partial charge in [0, 0.05) is 22.9 Å². The van der Waals surface area contributed by atoms with Crippen molar-refractivity contribution in [3.05, 3.63) is 77.6 Å². The highest BCUT2D eigenvalue weighted by atomic mass is 19.1. The van der Waals surface area contributed by atoms with Gasteiger partial charge in [-0.25, -0.2) is 24.3 Å². The summed E-state index contributed by atoms with van der Waals surface area (Å²) in [6.45, 7) is 3.71. The number of aryl methyl sites for hydroxylation is 2. The van der Waals surface area contributed by atoms with Crippen molar-refractivity contribution < 1.29 is 4.39 Å². The molecule has 0 spiro atoms. The molecule has 3 heterocycles. The first-order chi connectivity index (χ1) is 17.0. The number of aromatic nitrogens is 6. The second-order valence-electron chi connectivity index (χ2n) is 8.79. The number of nitrogens with zero attached hydrogens (tertiary/aromatic N) is 7. The third-order valence-electron chi connectivity index (χ3n) is 6.27. The van der Waals surface area contributed by atoms with E-state index in [1.54, 1.807) is 12.1 Å². The quantitative estimate of drug-likeness (QED) is 0.347. The van der Waals surface area contributed by atoms with E-state index in [0.717, 1.165) is 28.1 Å². The molecule has 0 unspecified atom stereocenters.